The molecule has 1 atom stereocenters. The molecule has 2 amide bonds. The van der Waals surface area contributed by atoms with E-state index >= 15 is 0 Å². The van der Waals surface area contributed by atoms with Crippen LogP contribution in [0.2, 0.25) is 0 Å². The number of amides is 2. The fraction of sp³-hybridized carbons (Fsp3) is 0.143. The van der Waals surface area contributed by atoms with Crippen molar-refractivity contribution in [3.63, 3.8) is 0 Å². The number of thioether (sulfide) groups is 1. The van der Waals surface area contributed by atoms with E-state index in [1.54, 1.807) is 0 Å². The summed E-state index contributed by atoms with van der Waals surface area (Å²) in [7, 11) is 0. The summed E-state index contributed by atoms with van der Waals surface area (Å²) in [5.41, 5.74) is 2.91. The van der Waals surface area contributed by atoms with Crippen molar-refractivity contribution >= 4 is 45.7 Å². The highest BCUT2D eigenvalue weighted by Crippen LogP contribution is 2.37. The summed E-state index contributed by atoms with van der Waals surface area (Å²) in [6.45, 7) is 2.81. The molecule has 0 saturated carbocycles. The van der Waals surface area contributed by atoms with Crippen LogP contribution >= 0.6 is 11.8 Å². The van der Waals surface area contributed by atoms with Gasteiger partial charge in [0.05, 0.1) is 6.61 Å². The van der Waals surface area contributed by atoms with Crippen LogP contribution in [-0.2, 0) is 4.79 Å². The Morgan fingerprint density at radius 3 is 2.12 bits per heavy atom. The van der Waals surface area contributed by atoms with Crippen molar-refractivity contribution in [2.24, 2.45) is 0 Å². The molecule has 5 rings (SSSR count). The second-order valence-corrected chi connectivity index (χ2v) is 10.8. The van der Waals surface area contributed by atoms with E-state index in [-0.39, 0.29) is 11.8 Å². The third-order valence-corrected chi connectivity index (χ3v) is 7.87. The number of hydrogen-bond donors (Lipinski definition) is 2. The first-order chi connectivity index (χ1) is 20.1. The average molecular weight is 561 g/mol. The minimum Gasteiger partial charge on any atom is -0.494 e. The van der Waals surface area contributed by atoms with Crippen molar-refractivity contribution in [3.8, 4) is 5.75 Å². The molecular formula is C35H32N2O3S. The number of ether oxygens (including phenoxy) is 1. The maximum Gasteiger partial charge on any atom is 0.255 e. The Bertz CT molecular complexity index is 1600. The first-order valence-corrected chi connectivity index (χ1v) is 14.6. The quantitative estimate of drug-likeness (QED) is 0.125. The molecule has 2 N–H and O–H groups in total. The molecule has 1 unspecified atom stereocenters. The topological polar surface area (TPSA) is 67.4 Å². The average Bonchev–Trinajstić information content (AvgIpc) is 3.01. The molecule has 0 fully saturated rings. The minimum absolute atomic E-state index is 0.116. The number of benzene rings is 5. The smallest absolute Gasteiger partial charge is 0.255 e. The summed E-state index contributed by atoms with van der Waals surface area (Å²) in [5.74, 6) is 0.507. The molecule has 0 spiro atoms. The van der Waals surface area contributed by atoms with Gasteiger partial charge in [0.1, 0.15) is 11.0 Å². The van der Waals surface area contributed by atoms with Gasteiger partial charge in [-0.25, -0.2) is 0 Å². The van der Waals surface area contributed by atoms with Crippen LogP contribution in [0.15, 0.2) is 126 Å². The fourth-order valence-electron chi connectivity index (χ4n) is 4.36. The van der Waals surface area contributed by atoms with Crippen LogP contribution in [0.5, 0.6) is 5.75 Å². The number of nitrogens with one attached hydrogen (secondary N) is 2. The second kappa shape index (κ2) is 13.7. The van der Waals surface area contributed by atoms with Gasteiger partial charge in [0, 0.05) is 21.8 Å². The van der Waals surface area contributed by atoms with Crippen LogP contribution in [-0.4, -0.2) is 18.4 Å². The van der Waals surface area contributed by atoms with Gasteiger partial charge in [-0.1, -0.05) is 74.0 Å². The largest absolute Gasteiger partial charge is 0.494 e. The minimum atomic E-state index is -0.463. The number of carbonyl (C=O) groups is 2. The van der Waals surface area contributed by atoms with Crippen molar-refractivity contribution in [2.75, 3.05) is 17.2 Å². The molecule has 0 radical (unpaired) electrons. The summed E-state index contributed by atoms with van der Waals surface area (Å²) in [6, 6.07) is 38.4. The van der Waals surface area contributed by atoms with Crippen molar-refractivity contribution in [1.29, 1.82) is 0 Å². The molecule has 0 aromatic heterocycles. The molecule has 6 heteroatoms. The standard InChI is InChI=1S/C35H32N2O3S/c1-2-3-23-40-31-19-15-29(16-20-31)37-35(39)33(26-10-5-4-6-11-26)41-32-21-17-30(18-22-32)36-34(38)28-14-13-25-9-7-8-12-27(25)24-28/h4-22,24,33H,2-3,23H2,1H3,(H,36,38)(H,37,39). The molecule has 41 heavy (non-hydrogen) atoms. The van der Waals surface area contributed by atoms with Crippen molar-refractivity contribution in [3.05, 3.63) is 132 Å². The first-order valence-electron chi connectivity index (χ1n) is 13.7. The third-order valence-electron chi connectivity index (χ3n) is 6.61. The van der Waals surface area contributed by atoms with E-state index in [2.05, 4.69) is 17.6 Å². The lowest BCUT2D eigenvalue weighted by atomic mass is 10.1. The Morgan fingerprint density at radius 2 is 1.39 bits per heavy atom. The molecule has 5 aromatic rings. The van der Waals surface area contributed by atoms with Gasteiger partial charge in [0.15, 0.2) is 0 Å². The maximum atomic E-state index is 13.5. The predicted molar refractivity (Wildman–Crippen MR) is 169 cm³/mol. The number of anilines is 2. The van der Waals surface area contributed by atoms with Gasteiger partial charge < -0.3 is 15.4 Å². The molecule has 0 bridgehead atoms. The highest BCUT2D eigenvalue weighted by molar-refractivity contribution is 8.00. The Hall–Kier alpha value is -4.55. The van der Waals surface area contributed by atoms with Crippen molar-refractivity contribution in [1.82, 2.24) is 0 Å². The van der Waals surface area contributed by atoms with E-state index in [1.807, 2.05) is 121 Å². The zero-order valence-corrected chi connectivity index (χ0v) is 23.7. The molecular weight excluding hydrogens is 528 g/mol. The first kappa shape index (κ1) is 28.0. The molecule has 206 valence electrons. The molecule has 0 aliphatic rings. The molecule has 5 nitrogen and oxygen atoms in total. The van der Waals surface area contributed by atoms with Gasteiger partial charge in [0.2, 0.25) is 5.91 Å². The number of fused-ring (bicyclic) bond motifs is 1. The number of hydrogen-bond acceptors (Lipinski definition) is 4. The van der Waals surface area contributed by atoms with E-state index in [1.165, 1.54) is 11.8 Å². The molecule has 0 aliphatic carbocycles. The summed E-state index contributed by atoms with van der Waals surface area (Å²) in [6.07, 6.45) is 2.08. The SMILES string of the molecule is CCCCOc1ccc(NC(=O)C(Sc2ccc(NC(=O)c3ccc4ccccc4c3)cc2)c2ccccc2)cc1. The van der Waals surface area contributed by atoms with Gasteiger partial charge in [0.25, 0.3) is 5.91 Å². The highest BCUT2D eigenvalue weighted by Gasteiger charge is 2.22. The molecule has 5 aromatic carbocycles. The van der Waals surface area contributed by atoms with Crippen LogP contribution in [0.1, 0.15) is 40.9 Å². The maximum absolute atomic E-state index is 13.5. The highest BCUT2D eigenvalue weighted by atomic mass is 32.2. The number of rotatable bonds is 11. The Morgan fingerprint density at radius 1 is 0.732 bits per heavy atom. The molecule has 0 heterocycles. The van der Waals surface area contributed by atoms with Crippen LogP contribution in [0.25, 0.3) is 10.8 Å². The van der Waals surface area contributed by atoms with Gasteiger partial charge in [-0.15, -0.1) is 11.8 Å². The van der Waals surface area contributed by atoms with Gasteiger partial charge >= 0.3 is 0 Å². The molecule has 0 aliphatic heterocycles. The number of carbonyl (C=O) groups excluding carboxylic acids is 2. The predicted octanol–water partition coefficient (Wildman–Crippen LogP) is 8.74. The summed E-state index contributed by atoms with van der Waals surface area (Å²) in [4.78, 5) is 27.2. The summed E-state index contributed by atoms with van der Waals surface area (Å²) >= 11 is 1.46. The monoisotopic (exact) mass is 560 g/mol. The van der Waals surface area contributed by atoms with Gasteiger partial charge in [-0.2, -0.15) is 0 Å². The zero-order chi connectivity index (χ0) is 28.4. The van der Waals surface area contributed by atoms with Crippen LogP contribution < -0.4 is 15.4 Å². The molecule has 0 saturated heterocycles. The van der Waals surface area contributed by atoms with Gasteiger partial charge in [-0.05, 0) is 83.4 Å². The van der Waals surface area contributed by atoms with E-state index in [4.69, 9.17) is 4.74 Å². The van der Waals surface area contributed by atoms with Crippen LogP contribution in [0.4, 0.5) is 11.4 Å². The van der Waals surface area contributed by atoms with Crippen molar-refractivity contribution < 1.29 is 14.3 Å². The third kappa shape index (κ3) is 7.56. The number of unbranched alkanes of at least 4 members (excludes halogenated alkanes) is 1. The van der Waals surface area contributed by atoms with Crippen LogP contribution in [0.3, 0.4) is 0 Å². The Balaban J connectivity index is 1.25. The second-order valence-electron chi connectivity index (χ2n) is 9.66. The fourth-order valence-corrected chi connectivity index (χ4v) is 5.39. The van der Waals surface area contributed by atoms with Gasteiger partial charge in [-0.3, -0.25) is 9.59 Å². The van der Waals surface area contributed by atoms with E-state index in [0.29, 0.717) is 23.5 Å². The Kier molecular flexibility index (Phi) is 9.34. The zero-order valence-electron chi connectivity index (χ0n) is 22.9. The summed E-state index contributed by atoms with van der Waals surface area (Å²) in [5, 5.41) is 7.68. The van der Waals surface area contributed by atoms with E-state index in [0.717, 1.165) is 39.8 Å². The lowest BCUT2D eigenvalue weighted by Gasteiger charge is -2.18. The van der Waals surface area contributed by atoms with Crippen molar-refractivity contribution in [2.45, 2.75) is 29.9 Å². The lowest BCUT2D eigenvalue weighted by molar-refractivity contribution is -0.115. The van der Waals surface area contributed by atoms with E-state index < -0.39 is 5.25 Å². The van der Waals surface area contributed by atoms with Crippen LogP contribution in [0, 0.1) is 0 Å². The normalized spacial score (nSPS) is 11.5. The lowest BCUT2D eigenvalue weighted by Crippen LogP contribution is -2.19. The summed E-state index contributed by atoms with van der Waals surface area (Å²) < 4.78 is 5.73. The Labute approximate surface area is 244 Å². The van der Waals surface area contributed by atoms with E-state index in [9.17, 15) is 9.59 Å².